The van der Waals surface area contributed by atoms with E-state index in [9.17, 15) is 14.4 Å². The number of piperidine rings is 1. The van der Waals surface area contributed by atoms with Gasteiger partial charge in [0, 0.05) is 13.0 Å². The predicted octanol–water partition coefficient (Wildman–Crippen LogP) is 3.35. The number of carbonyl (C=O) groups is 3. The molecule has 0 saturated carbocycles. The van der Waals surface area contributed by atoms with Crippen molar-refractivity contribution in [3.05, 3.63) is 59.1 Å². The number of hydrogen-bond donors (Lipinski definition) is 1. The molecule has 1 unspecified atom stereocenters. The third kappa shape index (κ3) is 6.68. The molecule has 1 heterocycles. The lowest BCUT2D eigenvalue weighted by molar-refractivity contribution is -0.147. The van der Waals surface area contributed by atoms with Crippen LogP contribution in [-0.4, -0.2) is 67.5 Å². The van der Waals surface area contributed by atoms with Crippen molar-refractivity contribution in [2.45, 2.75) is 57.7 Å². The Labute approximate surface area is 217 Å². The van der Waals surface area contributed by atoms with E-state index in [0.29, 0.717) is 37.2 Å². The fourth-order valence-corrected chi connectivity index (χ4v) is 5.04. The van der Waals surface area contributed by atoms with Crippen molar-refractivity contribution < 1.29 is 28.6 Å². The maximum absolute atomic E-state index is 13.6. The van der Waals surface area contributed by atoms with Crippen LogP contribution in [0.3, 0.4) is 0 Å². The standard InChI is InChI=1S/C27H35ClN2O6/c1-5-36-27(33)21(12-11-18-9-7-6-8-10-18)29-17(2)26(32)30-16-20-15-24(35-4)23(34-3)14-19(20)13-22(30)25(28)31/h6-10,15,17,19,21-22,29H,5,11-14,16H2,1-4H3/t17-,19?,21-,22-/m0/s1. The number of rotatable bonds is 11. The second kappa shape index (κ2) is 12.9. The Balaban J connectivity index is 1.76. The Bertz CT molecular complexity index is 1010. The van der Waals surface area contributed by atoms with Crippen LogP contribution in [0.5, 0.6) is 0 Å². The molecule has 196 valence electrons. The van der Waals surface area contributed by atoms with E-state index in [2.05, 4.69) is 5.32 Å². The van der Waals surface area contributed by atoms with Gasteiger partial charge in [-0.15, -0.1) is 0 Å². The second-order valence-electron chi connectivity index (χ2n) is 9.05. The highest BCUT2D eigenvalue weighted by Gasteiger charge is 2.41. The van der Waals surface area contributed by atoms with Gasteiger partial charge in [0.15, 0.2) is 5.76 Å². The van der Waals surface area contributed by atoms with Gasteiger partial charge in [-0.2, -0.15) is 0 Å². The number of benzene rings is 1. The minimum atomic E-state index is -0.766. The Morgan fingerprint density at radius 2 is 1.89 bits per heavy atom. The van der Waals surface area contributed by atoms with Crippen LogP contribution in [0.1, 0.15) is 38.7 Å². The van der Waals surface area contributed by atoms with Crippen LogP contribution < -0.4 is 5.32 Å². The zero-order valence-corrected chi connectivity index (χ0v) is 22.0. The second-order valence-corrected chi connectivity index (χ2v) is 9.43. The van der Waals surface area contributed by atoms with Gasteiger partial charge >= 0.3 is 5.97 Å². The lowest BCUT2D eigenvalue weighted by atomic mass is 9.80. The molecule has 9 heteroatoms. The summed E-state index contributed by atoms with van der Waals surface area (Å²) >= 11 is 5.96. The number of fused-ring (bicyclic) bond motifs is 1. The summed E-state index contributed by atoms with van der Waals surface area (Å²) in [5, 5.41) is 2.56. The SMILES string of the molecule is CCOC(=O)[C@H](CCc1ccccc1)N[C@@H](C)C(=O)N1CC2=CC(OC)=C(OC)CC2C[C@H]1C(=O)Cl. The highest BCUT2D eigenvalue weighted by Crippen LogP contribution is 2.38. The van der Waals surface area contributed by atoms with Gasteiger partial charge in [0.05, 0.1) is 26.9 Å². The van der Waals surface area contributed by atoms with Crippen LogP contribution in [0, 0.1) is 5.92 Å². The zero-order chi connectivity index (χ0) is 26.2. The van der Waals surface area contributed by atoms with E-state index in [1.54, 1.807) is 28.1 Å². The monoisotopic (exact) mass is 518 g/mol. The van der Waals surface area contributed by atoms with Crippen molar-refractivity contribution in [1.82, 2.24) is 10.2 Å². The van der Waals surface area contributed by atoms with Crippen LogP contribution >= 0.6 is 11.6 Å². The molecule has 1 aliphatic heterocycles. The third-order valence-corrected chi connectivity index (χ3v) is 7.00. The van der Waals surface area contributed by atoms with Crippen LogP contribution in [-0.2, 0) is 35.0 Å². The molecule has 1 saturated heterocycles. The molecule has 0 aromatic heterocycles. The van der Waals surface area contributed by atoms with E-state index in [1.807, 2.05) is 36.4 Å². The first-order valence-corrected chi connectivity index (χ1v) is 12.6. The van der Waals surface area contributed by atoms with E-state index in [1.165, 1.54) is 4.90 Å². The van der Waals surface area contributed by atoms with Crippen LogP contribution in [0.25, 0.3) is 0 Å². The molecular weight excluding hydrogens is 484 g/mol. The van der Waals surface area contributed by atoms with Gasteiger partial charge in [0.1, 0.15) is 17.8 Å². The number of aryl methyl sites for hydroxylation is 1. The van der Waals surface area contributed by atoms with E-state index in [-0.39, 0.29) is 25.0 Å². The molecule has 1 aromatic carbocycles. The predicted molar refractivity (Wildman–Crippen MR) is 136 cm³/mol. The van der Waals surface area contributed by atoms with E-state index in [4.69, 9.17) is 25.8 Å². The number of halogens is 1. The number of methoxy groups -OCH3 is 2. The molecule has 4 atom stereocenters. The molecule has 0 bridgehead atoms. The number of nitrogens with zero attached hydrogens (tertiary/aromatic N) is 1. The molecule has 36 heavy (non-hydrogen) atoms. The van der Waals surface area contributed by atoms with Gasteiger partial charge in [-0.25, -0.2) is 0 Å². The molecule has 3 rings (SSSR count). The Morgan fingerprint density at radius 3 is 2.50 bits per heavy atom. The molecule has 8 nitrogen and oxygen atoms in total. The fourth-order valence-electron chi connectivity index (χ4n) is 4.83. The normalized spacial score (nSPS) is 21.1. The van der Waals surface area contributed by atoms with Crippen LogP contribution in [0.4, 0.5) is 0 Å². The summed E-state index contributed by atoms with van der Waals surface area (Å²) in [5.74, 6) is 0.632. The van der Waals surface area contributed by atoms with Gasteiger partial charge < -0.3 is 19.1 Å². The fraction of sp³-hybridized carbons (Fsp3) is 0.519. The number of allylic oxidation sites excluding steroid dienone is 2. The number of nitrogens with one attached hydrogen (secondary N) is 1. The van der Waals surface area contributed by atoms with Crippen molar-refractivity contribution in [2.24, 2.45) is 5.92 Å². The largest absolute Gasteiger partial charge is 0.497 e. The molecule has 1 aromatic rings. The van der Waals surface area contributed by atoms with Gasteiger partial charge in [-0.1, -0.05) is 30.3 Å². The minimum absolute atomic E-state index is 0.0250. The summed E-state index contributed by atoms with van der Waals surface area (Å²) in [4.78, 5) is 40.1. The van der Waals surface area contributed by atoms with Crippen molar-refractivity contribution in [3.63, 3.8) is 0 Å². The lowest BCUT2D eigenvalue weighted by Gasteiger charge is -2.42. The zero-order valence-electron chi connectivity index (χ0n) is 21.3. The van der Waals surface area contributed by atoms with Crippen LogP contribution in [0.2, 0.25) is 0 Å². The molecular formula is C27H35ClN2O6. The molecule has 0 radical (unpaired) electrons. The van der Waals surface area contributed by atoms with E-state index in [0.717, 1.165) is 11.1 Å². The van der Waals surface area contributed by atoms with E-state index >= 15 is 0 Å². The minimum Gasteiger partial charge on any atom is -0.497 e. The highest BCUT2D eigenvalue weighted by atomic mass is 35.5. The van der Waals surface area contributed by atoms with Gasteiger partial charge in [-0.3, -0.25) is 19.7 Å². The molecule has 1 amide bonds. The molecule has 2 aliphatic rings. The number of carbonyl (C=O) groups excluding carboxylic acids is 3. The smallest absolute Gasteiger partial charge is 0.323 e. The van der Waals surface area contributed by atoms with Crippen molar-refractivity contribution in [1.29, 1.82) is 0 Å². The average molecular weight is 519 g/mol. The lowest BCUT2D eigenvalue weighted by Crippen LogP contribution is -2.57. The number of ether oxygens (including phenoxy) is 3. The van der Waals surface area contributed by atoms with Crippen molar-refractivity contribution in [3.8, 4) is 0 Å². The highest BCUT2D eigenvalue weighted by molar-refractivity contribution is 6.64. The van der Waals surface area contributed by atoms with Gasteiger partial charge in [-0.05, 0) is 67.8 Å². The summed E-state index contributed by atoms with van der Waals surface area (Å²) in [7, 11) is 3.15. The summed E-state index contributed by atoms with van der Waals surface area (Å²) in [6, 6.07) is 7.64. The first-order chi connectivity index (χ1) is 17.3. The van der Waals surface area contributed by atoms with Crippen molar-refractivity contribution >= 4 is 28.7 Å². The molecule has 1 aliphatic carbocycles. The average Bonchev–Trinajstić information content (AvgIpc) is 2.89. The summed E-state index contributed by atoms with van der Waals surface area (Å²) in [6.45, 7) is 3.93. The number of esters is 1. The van der Waals surface area contributed by atoms with Crippen LogP contribution in [0.15, 0.2) is 53.5 Å². The quantitative estimate of drug-likeness (QED) is 0.354. The summed E-state index contributed by atoms with van der Waals surface area (Å²) in [6.07, 6.45) is 3.96. The first-order valence-electron chi connectivity index (χ1n) is 12.3. The number of amides is 1. The molecule has 1 fully saturated rings. The first kappa shape index (κ1) is 27.7. The maximum atomic E-state index is 13.6. The van der Waals surface area contributed by atoms with Crippen molar-refractivity contribution in [2.75, 3.05) is 27.4 Å². The number of likely N-dealkylation sites (tertiary alicyclic amines) is 1. The molecule has 0 spiro atoms. The van der Waals surface area contributed by atoms with E-state index < -0.39 is 29.3 Å². The Hall–Kier alpha value is -2.84. The Kier molecular flexibility index (Phi) is 9.96. The Morgan fingerprint density at radius 1 is 1.17 bits per heavy atom. The number of hydrogen-bond acceptors (Lipinski definition) is 7. The molecule has 1 N–H and O–H groups in total. The third-order valence-electron chi connectivity index (χ3n) is 6.75. The van der Waals surface area contributed by atoms with Gasteiger partial charge in [0.25, 0.3) is 0 Å². The van der Waals surface area contributed by atoms with Gasteiger partial charge in [0.2, 0.25) is 11.1 Å². The summed E-state index contributed by atoms with van der Waals surface area (Å²) < 4.78 is 16.1. The maximum Gasteiger partial charge on any atom is 0.323 e. The summed E-state index contributed by atoms with van der Waals surface area (Å²) in [5.41, 5.74) is 2.07. The topological polar surface area (TPSA) is 94.2 Å².